The van der Waals surface area contributed by atoms with Crippen molar-refractivity contribution in [1.82, 2.24) is 5.32 Å². The standard InChI is InChI=1S/C17H15NO6/c19-13(14-2-1-7-22-14)9-18-16(20)10-23-12-5-3-11-4-6-17(21)24-15(11)8-12/h1-8,13,19H,9-10H2,(H,18,20). The van der Waals surface area contributed by atoms with Crippen molar-refractivity contribution < 1.29 is 23.5 Å². The van der Waals surface area contributed by atoms with Gasteiger partial charge in [-0.3, -0.25) is 4.79 Å². The molecular weight excluding hydrogens is 314 g/mol. The number of aliphatic hydroxyl groups is 1. The molecule has 7 heteroatoms. The van der Waals surface area contributed by atoms with E-state index < -0.39 is 17.6 Å². The monoisotopic (exact) mass is 329 g/mol. The second-order valence-electron chi connectivity index (χ2n) is 5.08. The van der Waals surface area contributed by atoms with Crippen molar-refractivity contribution in [1.29, 1.82) is 0 Å². The molecule has 0 spiro atoms. The van der Waals surface area contributed by atoms with E-state index in [4.69, 9.17) is 13.6 Å². The topological polar surface area (TPSA) is 102 Å². The van der Waals surface area contributed by atoms with Gasteiger partial charge in [-0.1, -0.05) is 0 Å². The zero-order valence-electron chi connectivity index (χ0n) is 12.6. The number of carbonyl (C=O) groups is 1. The van der Waals surface area contributed by atoms with Gasteiger partial charge >= 0.3 is 5.63 Å². The second kappa shape index (κ2) is 7.01. The van der Waals surface area contributed by atoms with Gasteiger partial charge in [0.05, 0.1) is 12.8 Å². The van der Waals surface area contributed by atoms with Crippen molar-refractivity contribution in [3.8, 4) is 5.75 Å². The third-order valence-corrected chi connectivity index (χ3v) is 3.33. The van der Waals surface area contributed by atoms with Crippen LogP contribution in [0.4, 0.5) is 0 Å². The fourth-order valence-electron chi connectivity index (χ4n) is 2.12. The zero-order valence-corrected chi connectivity index (χ0v) is 12.6. The summed E-state index contributed by atoms with van der Waals surface area (Å²) in [5, 5.41) is 13.1. The van der Waals surface area contributed by atoms with Crippen molar-refractivity contribution in [3.05, 3.63) is 64.9 Å². The Morgan fingerprint density at radius 3 is 2.88 bits per heavy atom. The maximum Gasteiger partial charge on any atom is 0.336 e. The number of hydrogen-bond acceptors (Lipinski definition) is 6. The summed E-state index contributed by atoms with van der Waals surface area (Å²) < 4.78 is 15.4. The second-order valence-corrected chi connectivity index (χ2v) is 5.08. The molecule has 0 fully saturated rings. The number of rotatable bonds is 6. The number of amides is 1. The van der Waals surface area contributed by atoms with Gasteiger partial charge in [-0.25, -0.2) is 4.79 Å². The number of furan rings is 1. The minimum atomic E-state index is -0.918. The maximum atomic E-state index is 11.8. The van der Waals surface area contributed by atoms with E-state index in [0.717, 1.165) is 5.39 Å². The van der Waals surface area contributed by atoms with Gasteiger partial charge in [-0.2, -0.15) is 0 Å². The van der Waals surface area contributed by atoms with Crippen molar-refractivity contribution in [2.75, 3.05) is 13.2 Å². The number of ether oxygens (including phenoxy) is 1. The molecule has 0 aliphatic heterocycles. The maximum absolute atomic E-state index is 11.8. The Bertz CT molecular complexity index is 883. The SMILES string of the molecule is O=C(COc1ccc2ccc(=O)oc2c1)NCC(O)c1ccco1. The van der Waals surface area contributed by atoms with Gasteiger partial charge in [0, 0.05) is 17.5 Å². The van der Waals surface area contributed by atoms with Gasteiger partial charge in [0.25, 0.3) is 5.91 Å². The average Bonchev–Trinajstić information content (AvgIpc) is 3.12. The first-order valence-corrected chi connectivity index (χ1v) is 7.27. The van der Waals surface area contributed by atoms with Crippen LogP contribution >= 0.6 is 0 Å². The van der Waals surface area contributed by atoms with Gasteiger partial charge in [0.1, 0.15) is 23.2 Å². The molecule has 2 aromatic heterocycles. The number of hydrogen-bond donors (Lipinski definition) is 2. The molecule has 1 amide bonds. The first-order valence-electron chi connectivity index (χ1n) is 7.27. The minimum Gasteiger partial charge on any atom is -0.484 e. The Morgan fingerprint density at radius 1 is 1.25 bits per heavy atom. The quantitative estimate of drug-likeness (QED) is 0.666. The lowest BCUT2D eigenvalue weighted by atomic mass is 10.2. The third kappa shape index (κ3) is 3.82. The summed E-state index contributed by atoms with van der Waals surface area (Å²) in [6.45, 7) is -0.213. The van der Waals surface area contributed by atoms with E-state index in [1.807, 2.05) is 0 Å². The average molecular weight is 329 g/mol. The lowest BCUT2D eigenvalue weighted by molar-refractivity contribution is -0.123. The molecule has 1 atom stereocenters. The van der Waals surface area contributed by atoms with E-state index >= 15 is 0 Å². The van der Waals surface area contributed by atoms with Crippen LogP contribution in [0.1, 0.15) is 11.9 Å². The molecule has 0 aliphatic carbocycles. The van der Waals surface area contributed by atoms with Crippen molar-refractivity contribution in [3.63, 3.8) is 0 Å². The van der Waals surface area contributed by atoms with Gasteiger partial charge in [-0.15, -0.1) is 0 Å². The first-order chi connectivity index (χ1) is 11.6. The van der Waals surface area contributed by atoms with Crippen molar-refractivity contribution in [2.24, 2.45) is 0 Å². The van der Waals surface area contributed by atoms with E-state index in [9.17, 15) is 14.7 Å². The Hall–Kier alpha value is -3.06. The van der Waals surface area contributed by atoms with Crippen molar-refractivity contribution >= 4 is 16.9 Å². The highest BCUT2D eigenvalue weighted by Crippen LogP contribution is 2.19. The van der Waals surface area contributed by atoms with Gasteiger partial charge in [0.2, 0.25) is 0 Å². The predicted molar refractivity (Wildman–Crippen MR) is 84.7 cm³/mol. The molecule has 1 aromatic carbocycles. The molecule has 2 N–H and O–H groups in total. The highest BCUT2D eigenvalue weighted by Gasteiger charge is 2.12. The molecular formula is C17H15NO6. The minimum absolute atomic E-state index is 0.0162. The summed E-state index contributed by atoms with van der Waals surface area (Å²) in [5.74, 6) is 0.384. The van der Waals surface area contributed by atoms with Crippen LogP contribution in [0.5, 0.6) is 5.75 Å². The Kier molecular flexibility index (Phi) is 4.62. The molecule has 0 radical (unpaired) electrons. The number of nitrogens with one attached hydrogen (secondary N) is 1. The van der Waals surface area contributed by atoms with Crippen LogP contribution in [-0.4, -0.2) is 24.2 Å². The van der Waals surface area contributed by atoms with E-state index in [-0.39, 0.29) is 13.2 Å². The molecule has 0 saturated carbocycles. The van der Waals surface area contributed by atoms with Crippen LogP contribution in [0.15, 0.2) is 62.4 Å². The van der Waals surface area contributed by atoms with E-state index in [1.54, 1.807) is 36.4 Å². The number of benzene rings is 1. The summed E-state index contributed by atoms with van der Waals surface area (Å²) in [4.78, 5) is 23.0. The predicted octanol–water partition coefficient (Wildman–Crippen LogP) is 1.61. The molecule has 3 rings (SSSR count). The fourth-order valence-corrected chi connectivity index (χ4v) is 2.12. The normalized spacial score (nSPS) is 12.0. The van der Waals surface area contributed by atoms with Crippen LogP contribution in [0.3, 0.4) is 0 Å². The molecule has 0 bridgehead atoms. The van der Waals surface area contributed by atoms with Crippen molar-refractivity contribution in [2.45, 2.75) is 6.10 Å². The van der Waals surface area contributed by atoms with Crippen LogP contribution in [0.2, 0.25) is 0 Å². The number of fused-ring (bicyclic) bond motifs is 1. The fraction of sp³-hybridized carbons (Fsp3) is 0.176. The van der Waals surface area contributed by atoms with Gasteiger partial charge < -0.3 is 24.0 Å². The van der Waals surface area contributed by atoms with Gasteiger partial charge in [0.15, 0.2) is 6.61 Å². The molecule has 0 saturated heterocycles. The van der Waals surface area contributed by atoms with Crippen LogP contribution in [0.25, 0.3) is 11.0 Å². The van der Waals surface area contributed by atoms with Crippen LogP contribution in [-0.2, 0) is 4.79 Å². The Labute approximate surface area is 136 Å². The molecule has 2 heterocycles. The lowest BCUT2D eigenvalue weighted by Gasteiger charge is -2.10. The first kappa shape index (κ1) is 15.8. The summed E-state index contributed by atoms with van der Waals surface area (Å²) in [7, 11) is 0. The van der Waals surface area contributed by atoms with Crippen LogP contribution in [0, 0.1) is 0 Å². The largest absolute Gasteiger partial charge is 0.484 e. The van der Waals surface area contributed by atoms with Gasteiger partial charge in [-0.05, 0) is 30.3 Å². The Morgan fingerprint density at radius 2 is 2.08 bits per heavy atom. The van der Waals surface area contributed by atoms with Crippen LogP contribution < -0.4 is 15.7 Å². The van der Waals surface area contributed by atoms with E-state index in [2.05, 4.69) is 5.32 Å². The summed E-state index contributed by atoms with van der Waals surface area (Å²) in [5.41, 5.74) is -0.0713. The number of carbonyl (C=O) groups excluding carboxylic acids is 1. The highest BCUT2D eigenvalue weighted by atomic mass is 16.5. The molecule has 24 heavy (non-hydrogen) atoms. The summed E-state index contributed by atoms with van der Waals surface area (Å²) in [6.07, 6.45) is 0.528. The molecule has 1 unspecified atom stereocenters. The smallest absolute Gasteiger partial charge is 0.336 e. The molecule has 7 nitrogen and oxygen atoms in total. The Balaban J connectivity index is 1.53. The molecule has 0 aliphatic rings. The number of aliphatic hydroxyl groups excluding tert-OH is 1. The molecule has 124 valence electrons. The zero-order chi connectivity index (χ0) is 16.9. The lowest BCUT2D eigenvalue weighted by Crippen LogP contribution is -2.32. The van der Waals surface area contributed by atoms with E-state index in [1.165, 1.54) is 12.3 Å². The highest BCUT2D eigenvalue weighted by molar-refractivity contribution is 5.79. The molecule has 3 aromatic rings. The third-order valence-electron chi connectivity index (χ3n) is 3.33. The summed E-state index contributed by atoms with van der Waals surface area (Å²) >= 11 is 0. The van der Waals surface area contributed by atoms with E-state index in [0.29, 0.717) is 17.1 Å². The summed E-state index contributed by atoms with van der Waals surface area (Å²) in [6, 6.07) is 11.2.